The van der Waals surface area contributed by atoms with Crippen molar-refractivity contribution in [2.24, 2.45) is 5.92 Å². The van der Waals surface area contributed by atoms with Gasteiger partial charge in [0.1, 0.15) is 0 Å². The van der Waals surface area contributed by atoms with Crippen LogP contribution in [0.5, 0.6) is 0 Å². The minimum atomic E-state index is -3.67. The number of fused-ring (bicyclic) bond motifs is 1. The van der Waals surface area contributed by atoms with Gasteiger partial charge in [-0.05, 0) is 45.0 Å². The second-order valence-corrected chi connectivity index (χ2v) is 11.5. The first-order valence-electron chi connectivity index (χ1n) is 10.3. The molecule has 8 nitrogen and oxygen atoms in total. The molecular formula is C20H28N4O4S2. The number of rotatable bonds is 3. The van der Waals surface area contributed by atoms with Crippen LogP contribution in [0.3, 0.4) is 0 Å². The van der Waals surface area contributed by atoms with Gasteiger partial charge in [-0.1, -0.05) is 0 Å². The lowest BCUT2D eigenvalue weighted by atomic mass is 9.96. The highest BCUT2D eigenvalue weighted by Crippen LogP contribution is 2.37. The first kappa shape index (κ1) is 21.6. The first-order chi connectivity index (χ1) is 14.3. The summed E-state index contributed by atoms with van der Waals surface area (Å²) in [4.78, 5) is 29.9. The highest BCUT2D eigenvalue weighted by Gasteiger charge is 2.35. The molecule has 164 valence electrons. The fourth-order valence-corrected chi connectivity index (χ4v) is 6.55. The van der Waals surface area contributed by atoms with Crippen LogP contribution in [0.1, 0.15) is 19.8 Å². The number of hydrogen-bond acceptors (Lipinski definition) is 6. The third-order valence-corrected chi connectivity index (χ3v) is 9.21. The van der Waals surface area contributed by atoms with Crippen LogP contribution in [0.2, 0.25) is 0 Å². The number of nitrogens with zero attached hydrogens (tertiary/aromatic N) is 3. The molecule has 10 heteroatoms. The van der Waals surface area contributed by atoms with Gasteiger partial charge in [-0.15, -0.1) is 11.8 Å². The van der Waals surface area contributed by atoms with Gasteiger partial charge < -0.3 is 15.1 Å². The van der Waals surface area contributed by atoms with Crippen molar-refractivity contribution >= 4 is 39.3 Å². The van der Waals surface area contributed by atoms with E-state index in [1.54, 1.807) is 18.2 Å². The van der Waals surface area contributed by atoms with Crippen molar-refractivity contribution in [3.05, 3.63) is 18.2 Å². The van der Waals surface area contributed by atoms with E-state index in [1.807, 2.05) is 11.8 Å². The average molecular weight is 453 g/mol. The number of sulfonamides is 1. The molecule has 0 aliphatic carbocycles. The second-order valence-electron chi connectivity index (χ2n) is 8.21. The number of carbonyl (C=O) groups excluding carboxylic acids is 2. The zero-order chi connectivity index (χ0) is 21.5. The number of nitrogens with one attached hydrogen (secondary N) is 1. The number of benzene rings is 1. The van der Waals surface area contributed by atoms with Gasteiger partial charge in [-0.25, -0.2) is 8.42 Å². The summed E-state index contributed by atoms with van der Waals surface area (Å²) in [5, 5.41) is 2.59. The zero-order valence-electron chi connectivity index (χ0n) is 17.3. The van der Waals surface area contributed by atoms with Gasteiger partial charge in [-0.3, -0.25) is 9.59 Å². The highest BCUT2D eigenvalue weighted by atomic mass is 32.2. The Hall–Kier alpha value is -1.62. The van der Waals surface area contributed by atoms with E-state index in [2.05, 4.69) is 17.3 Å². The summed E-state index contributed by atoms with van der Waals surface area (Å²) >= 11 is 1.43. The molecular weight excluding hydrogens is 424 g/mol. The van der Waals surface area contributed by atoms with Gasteiger partial charge >= 0.3 is 0 Å². The largest absolute Gasteiger partial charge is 0.340 e. The number of piperidine rings is 1. The molecule has 1 atom stereocenters. The van der Waals surface area contributed by atoms with E-state index in [0.717, 1.165) is 31.1 Å². The number of anilines is 1. The molecule has 0 unspecified atom stereocenters. The lowest BCUT2D eigenvalue weighted by molar-refractivity contribution is -0.138. The number of carbonyl (C=O) groups is 2. The minimum Gasteiger partial charge on any atom is -0.340 e. The van der Waals surface area contributed by atoms with E-state index in [9.17, 15) is 18.0 Å². The van der Waals surface area contributed by atoms with E-state index in [-0.39, 0.29) is 27.9 Å². The Bertz CT molecular complexity index is 936. The summed E-state index contributed by atoms with van der Waals surface area (Å²) in [7, 11) is -1.61. The van der Waals surface area contributed by atoms with Crippen molar-refractivity contribution in [2.45, 2.75) is 34.8 Å². The fraction of sp³-hybridized carbons (Fsp3) is 0.600. The maximum Gasteiger partial charge on any atom is 0.243 e. The van der Waals surface area contributed by atoms with Crippen molar-refractivity contribution in [1.29, 1.82) is 0 Å². The van der Waals surface area contributed by atoms with Crippen LogP contribution < -0.4 is 5.32 Å². The lowest BCUT2D eigenvalue weighted by Crippen LogP contribution is -2.50. The molecule has 2 saturated heterocycles. The summed E-state index contributed by atoms with van der Waals surface area (Å²) in [6, 6.07) is 4.90. The predicted octanol–water partition coefficient (Wildman–Crippen LogP) is 1.29. The van der Waals surface area contributed by atoms with Crippen molar-refractivity contribution in [1.82, 2.24) is 14.1 Å². The molecule has 0 aromatic heterocycles. The third-order valence-electron chi connectivity index (χ3n) is 6.14. The molecule has 3 aliphatic rings. The van der Waals surface area contributed by atoms with Crippen LogP contribution in [0.25, 0.3) is 0 Å². The summed E-state index contributed by atoms with van der Waals surface area (Å²) in [6.45, 7) is 5.73. The van der Waals surface area contributed by atoms with Crippen LogP contribution in [0, 0.1) is 5.92 Å². The Morgan fingerprint density at radius 3 is 2.43 bits per heavy atom. The maximum absolute atomic E-state index is 13.1. The Balaban J connectivity index is 1.41. The van der Waals surface area contributed by atoms with Gasteiger partial charge in [-0.2, -0.15) is 4.31 Å². The Morgan fingerprint density at radius 1 is 1.10 bits per heavy atom. The molecule has 0 saturated carbocycles. The Labute approximate surface area is 182 Å². The smallest absolute Gasteiger partial charge is 0.243 e. The molecule has 1 N–H and O–H groups in total. The van der Waals surface area contributed by atoms with Crippen molar-refractivity contribution in [3.8, 4) is 0 Å². The quantitative estimate of drug-likeness (QED) is 0.744. The molecule has 3 heterocycles. The molecule has 0 radical (unpaired) electrons. The monoisotopic (exact) mass is 452 g/mol. The molecule has 2 amide bonds. The van der Waals surface area contributed by atoms with E-state index in [0.29, 0.717) is 31.6 Å². The fourth-order valence-electron chi connectivity index (χ4n) is 4.13. The number of hydrogen-bond donors (Lipinski definition) is 1. The first-order valence-corrected chi connectivity index (χ1v) is 12.7. The molecule has 1 aromatic rings. The van der Waals surface area contributed by atoms with Gasteiger partial charge in [0.05, 0.1) is 15.8 Å². The molecule has 0 bridgehead atoms. The summed E-state index contributed by atoms with van der Waals surface area (Å²) < 4.78 is 27.7. The van der Waals surface area contributed by atoms with E-state index in [4.69, 9.17) is 0 Å². The van der Waals surface area contributed by atoms with Crippen LogP contribution in [0.15, 0.2) is 28.0 Å². The van der Waals surface area contributed by atoms with Crippen LogP contribution in [-0.2, 0) is 19.6 Å². The summed E-state index contributed by atoms with van der Waals surface area (Å²) in [6.07, 6.45) is 1.08. The van der Waals surface area contributed by atoms with Crippen LogP contribution in [-0.4, -0.2) is 85.9 Å². The molecule has 4 rings (SSSR count). The Morgan fingerprint density at radius 2 is 1.77 bits per heavy atom. The normalized spacial score (nSPS) is 24.4. The summed E-state index contributed by atoms with van der Waals surface area (Å²) in [5.74, 6) is -0.0753. The average Bonchev–Trinajstić information content (AvgIpc) is 2.74. The van der Waals surface area contributed by atoms with Crippen molar-refractivity contribution in [3.63, 3.8) is 0 Å². The van der Waals surface area contributed by atoms with Gasteiger partial charge in [0, 0.05) is 50.1 Å². The number of amides is 2. The van der Waals surface area contributed by atoms with Crippen molar-refractivity contribution in [2.75, 3.05) is 51.6 Å². The predicted molar refractivity (Wildman–Crippen MR) is 116 cm³/mol. The topological polar surface area (TPSA) is 90.0 Å². The van der Waals surface area contributed by atoms with Gasteiger partial charge in [0.15, 0.2) is 0 Å². The lowest BCUT2D eigenvalue weighted by Gasteiger charge is -2.37. The second kappa shape index (κ2) is 8.49. The number of likely N-dealkylation sites (N-methyl/N-ethyl adjacent to an activating group) is 1. The molecule has 1 aromatic carbocycles. The zero-order valence-corrected chi connectivity index (χ0v) is 19.0. The number of thioether (sulfide) groups is 1. The standard InChI is InChI=1S/C20H28N4O4S2/c1-14-19(25)21-17-13-16(3-4-18(17)29-14)30(27,28)24-7-5-15(6-8-24)20(26)23-11-9-22(2)10-12-23/h3-4,13-15H,5-12H2,1-2H3,(H,21,25)/t14-/m0/s1. The van der Waals surface area contributed by atoms with E-state index in [1.165, 1.54) is 16.1 Å². The molecule has 0 spiro atoms. The maximum atomic E-state index is 13.1. The Kier molecular flexibility index (Phi) is 6.11. The number of piperazine rings is 1. The van der Waals surface area contributed by atoms with Gasteiger partial charge in [0.2, 0.25) is 21.8 Å². The van der Waals surface area contributed by atoms with Crippen molar-refractivity contribution < 1.29 is 18.0 Å². The van der Waals surface area contributed by atoms with E-state index >= 15 is 0 Å². The SMILES string of the molecule is C[C@@H]1Sc2ccc(S(=O)(=O)N3CCC(C(=O)N4CCN(C)CC4)CC3)cc2NC1=O. The third kappa shape index (κ3) is 4.23. The van der Waals surface area contributed by atoms with E-state index < -0.39 is 10.0 Å². The minimum absolute atomic E-state index is 0.111. The molecule has 30 heavy (non-hydrogen) atoms. The summed E-state index contributed by atoms with van der Waals surface area (Å²) in [5.41, 5.74) is 0.546. The van der Waals surface area contributed by atoms with Crippen LogP contribution >= 0.6 is 11.8 Å². The molecule has 3 aliphatic heterocycles. The van der Waals surface area contributed by atoms with Crippen LogP contribution in [0.4, 0.5) is 5.69 Å². The molecule has 2 fully saturated rings. The van der Waals surface area contributed by atoms with Gasteiger partial charge in [0.25, 0.3) is 0 Å². The highest BCUT2D eigenvalue weighted by molar-refractivity contribution is 8.01.